The van der Waals surface area contributed by atoms with Crippen molar-refractivity contribution in [2.24, 2.45) is 11.3 Å². The van der Waals surface area contributed by atoms with Crippen molar-refractivity contribution in [3.8, 4) is 6.07 Å². The zero-order chi connectivity index (χ0) is 12.1. The van der Waals surface area contributed by atoms with Crippen molar-refractivity contribution in [1.29, 1.82) is 5.26 Å². The first-order chi connectivity index (χ1) is 8.28. The minimum absolute atomic E-state index is 0.392. The molecule has 1 heterocycles. The van der Waals surface area contributed by atoms with Gasteiger partial charge in [-0.2, -0.15) is 5.26 Å². The maximum atomic E-state index is 8.83. The highest BCUT2D eigenvalue weighted by molar-refractivity contribution is 5.01. The average molecular weight is 235 g/mol. The predicted octanol–water partition coefficient (Wildman–Crippen LogP) is 2.00. The van der Waals surface area contributed by atoms with Crippen molar-refractivity contribution >= 4 is 0 Å². The van der Waals surface area contributed by atoms with E-state index in [-0.39, 0.29) is 0 Å². The summed E-state index contributed by atoms with van der Waals surface area (Å²) in [6.45, 7) is 8.11. The van der Waals surface area contributed by atoms with Crippen LogP contribution in [0.25, 0.3) is 0 Å². The quantitative estimate of drug-likeness (QED) is 0.765. The van der Waals surface area contributed by atoms with Crippen molar-refractivity contribution < 1.29 is 0 Å². The van der Waals surface area contributed by atoms with Gasteiger partial charge in [0.1, 0.15) is 0 Å². The van der Waals surface area contributed by atoms with Gasteiger partial charge in [0.05, 0.1) is 6.07 Å². The van der Waals surface area contributed by atoms with Crippen LogP contribution >= 0.6 is 0 Å². The monoisotopic (exact) mass is 235 g/mol. The number of nitrogens with zero attached hydrogens (tertiary/aromatic N) is 2. The summed E-state index contributed by atoms with van der Waals surface area (Å²) in [5.41, 5.74) is 0.392. The molecule has 17 heavy (non-hydrogen) atoms. The van der Waals surface area contributed by atoms with Gasteiger partial charge in [-0.25, -0.2) is 0 Å². The fourth-order valence-electron chi connectivity index (χ4n) is 2.91. The van der Waals surface area contributed by atoms with Crippen LogP contribution in [0.15, 0.2) is 0 Å². The van der Waals surface area contributed by atoms with Crippen LogP contribution in [-0.2, 0) is 0 Å². The van der Waals surface area contributed by atoms with Gasteiger partial charge in [0.2, 0.25) is 0 Å². The molecule has 3 heteroatoms. The first-order valence-corrected chi connectivity index (χ1v) is 7.08. The molecule has 0 aromatic rings. The van der Waals surface area contributed by atoms with Crippen LogP contribution in [0.1, 0.15) is 39.0 Å². The molecule has 0 bridgehead atoms. The zero-order valence-corrected chi connectivity index (χ0v) is 11.0. The number of nitriles is 1. The Hall–Kier alpha value is -0.590. The summed E-state index contributed by atoms with van der Waals surface area (Å²) in [6.07, 6.45) is 5.98. The molecule has 96 valence electrons. The van der Waals surface area contributed by atoms with E-state index in [4.69, 9.17) is 5.26 Å². The summed E-state index contributed by atoms with van der Waals surface area (Å²) in [5.74, 6) is 0.873. The molecule has 1 aliphatic heterocycles. The maximum Gasteiger partial charge on any atom is 0.0628 e. The van der Waals surface area contributed by atoms with E-state index in [0.717, 1.165) is 18.9 Å². The minimum Gasteiger partial charge on any atom is -0.317 e. The van der Waals surface area contributed by atoms with Gasteiger partial charge in [-0.05, 0) is 63.2 Å². The summed E-state index contributed by atoms with van der Waals surface area (Å²) in [6, 6.07) is 2.36. The second-order valence-electron chi connectivity index (χ2n) is 5.86. The van der Waals surface area contributed by atoms with Crippen molar-refractivity contribution in [1.82, 2.24) is 10.2 Å². The van der Waals surface area contributed by atoms with Crippen LogP contribution in [0.2, 0.25) is 0 Å². The summed E-state index contributed by atoms with van der Waals surface area (Å²) >= 11 is 0. The Labute approximate surface area is 105 Å². The second kappa shape index (κ2) is 5.84. The normalized spacial score (nSPS) is 24.5. The summed E-state index contributed by atoms with van der Waals surface area (Å²) in [7, 11) is 0. The molecular weight excluding hydrogens is 210 g/mol. The number of nitrogens with one attached hydrogen (secondary N) is 1. The molecule has 0 radical (unpaired) electrons. The van der Waals surface area contributed by atoms with Gasteiger partial charge < -0.3 is 10.2 Å². The van der Waals surface area contributed by atoms with E-state index in [2.05, 4.69) is 23.2 Å². The number of rotatable bonds is 6. The molecule has 1 aliphatic carbocycles. The Morgan fingerprint density at radius 3 is 2.59 bits per heavy atom. The van der Waals surface area contributed by atoms with E-state index in [0.29, 0.717) is 5.41 Å². The van der Waals surface area contributed by atoms with E-state index < -0.39 is 0 Å². The molecule has 1 saturated heterocycles. The molecule has 1 saturated carbocycles. The Balaban J connectivity index is 1.67. The van der Waals surface area contributed by atoms with E-state index in [1.165, 1.54) is 51.9 Å². The zero-order valence-electron chi connectivity index (χ0n) is 11.0. The lowest BCUT2D eigenvalue weighted by atomic mass is 9.94. The van der Waals surface area contributed by atoms with Crippen molar-refractivity contribution in [2.75, 3.05) is 32.7 Å². The van der Waals surface area contributed by atoms with E-state index in [1.54, 1.807) is 0 Å². The van der Waals surface area contributed by atoms with Crippen LogP contribution in [0, 0.1) is 22.7 Å². The molecule has 0 spiro atoms. The van der Waals surface area contributed by atoms with Gasteiger partial charge in [-0.1, -0.05) is 6.92 Å². The molecule has 2 fully saturated rings. The van der Waals surface area contributed by atoms with Crippen molar-refractivity contribution in [3.05, 3.63) is 0 Å². The molecule has 2 rings (SSSR count). The molecule has 0 aromatic heterocycles. The predicted molar refractivity (Wildman–Crippen MR) is 69.6 cm³/mol. The van der Waals surface area contributed by atoms with E-state index >= 15 is 0 Å². The van der Waals surface area contributed by atoms with Gasteiger partial charge in [-0.3, -0.25) is 0 Å². The molecular formula is C14H25N3. The van der Waals surface area contributed by atoms with E-state index in [1.807, 2.05) is 0 Å². The summed E-state index contributed by atoms with van der Waals surface area (Å²) < 4.78 is 0. The van der Waals surface area contributed by atoms with Crippen molar-refractivity contribution in [3.63, 3.8) is 0 Å². The SMILES string of the molecule is CCNCC1CCN(CC2(CC#N)CC2)CC1. The molecule has 0 unspecified atom stereocenters. The topological polar surface area (TPSA) is 39.1 Å². The number of likely N-dealkylation sites (tertiary alicyclic amines) is 1. The third kappa shape index (κ3) is 3.69. The number of hydrogen-bond donors (Lipinski definition) is 1. The smallest absolute Gasteiger partial charge is 0.0628 e. The minimum atomic E-state index is 0.392. The number of hydrogen-bond acceptors (Lipinski definition) is 3. The fraction of sp³-hybridized carbons (Fsp3) is 0.929. The van der Waals surface area contributed by atoms with Gasteiger partial charge in [0, 0.05) is 13.0 Å². The standard InChI is InChI=1S/C14H25N3/c1-2-16-11-13-3-9-17(10-4-13)12-14(5-6-14)7-8-15/h13,16H,2-7,9-12H2,1H3. The van der Waals surface area contributed by atoms with Gasteiger partial charge >= 0.3 is 0 Å². The van der Waals surface area contributed by atoms with Gasteiger partial charge in [0.25, 0.3) is 0 Å². The molecule has 0 aromatic carbocycles. The Morgan fingerprint density at radius 1 is 1.35 bits per heavy atom. The molecule has 1 N–H and O–H groups in total. The molecule has 3 nitrogen and oxygen atoms in total. The molecule has 2 aliphatic rings. The Kier molecular flexibility index (Phi) is 4.42. The molecule has 0 atom stereocenters. The Bertz CT molecular complexity index is 270. The van der Waals surface area contributed by atoms with Gasteiger partial charge in [-0.15, -0.1) is 0 Å². The van der Waals surface area contributed by atoms with Crippen LogP contribution in [0.5, 0.6) is 0 Å². The third-order valence-electron chi connectivity index (χ3n) is 4.36. The lowest BCUT2D eigenvalue weighted by Gasteiger charge is -2.34. The molecule has 0 amide bonds. The van der Waals surface area contributed by atoms with Crippen molar-refractivity contribution in [2.45, 2.75) is 39.0 Å². The van der Waals surface area contributed by atoms with Gasteiger partial charge in [0.15, 0.2) is 0 Å². The highest BCUT2D eigenvalue weighted by Crippen LogP contribution is 2.49. The third-order valence-corrected chi connectivity index (χ3v) is 4.36. The van der Waals surface area contributed by atoms with Crippen LogP contribution in [0.4, 0.5) is 0 Å². The summed E-state index contributed by atoms with van der Waals surface area (Å²) in [4.78, 5) is 2.59. The lowest BCUT2D eigenvalue weighted by molar-refractivity contribution is 0.153. The lowest BCUT2D eigenvalue weighted by Crippen LogP contribution is -2.40. The largest absolute Gasteiger partial charge is 0.317 e. The van der Waals surface area contributed by atoms with E-state index in [9.17, 15) is 0 Å². The maximum absolute atomic E-state index is 8.83. The Morgan fingerprint density at radius 2 is 2.06 bits per heavy atom. The van der Waals surface area contributed by atoms with Crippen LogP contribution in [-0.4, -0.2) is 37.6 Å². The average Bonchev–Trinajstić information content (AvgIpc) is 3.09. The fourth-order valence-corrected chi connectivity index (χ4v) is 2.91. The first kappa shape index (κ1) is 12.9. The van der Waals surface area contributed by atoms with Crippen LogP contribution < -0.4 is 5.32 Å². The number of piperidine rings is 1. The summed E-state index contributed by atoms with van der Waals surface area (Å²) in [5, 5.41) is 12.3. The second-order valence-corrected chi connectivity index (χ2v) is 5.86. The highest BCUT2D eigenvalue weighted by Gasteiger charge is 2.43. The van der Waals surface area contributed by atoms with Crippen LogP contribution in [0.3, 0.4) is 0 Å². The highest BCUT2D eigenvalue weighted by atomic mass is 15.1. The first-order valence-electron chi connectivity index (χ1n) is 7.08.